The number of likely N-dealkylation sites (tertiary alicyclic amines) is 2. The monoisotopic (exact) mass is 442 g/mol. The van der Waals surface area contributed by atoms with Crippen molar-refractivity contribution in [2.45, 2.75) is 64.0 Å². The zero-order valence-corrected chi connectivity index (χ0v) is 19.2. The molecule has 0 aliphatic carbocycles. The molecule has 7 nitrogen and oxygen atoms in total. The number of carbonyl (C=O) groups excluding carboxylic acids is 2. The van der Waals surface area contributed by atoms with Crippen LogP contribution in [-0.2, 0) is 9.53 Å². The van der Waals surface area contributed by atoms with Gasteiger partial charge >= 0.3 is 6.09 Å². The van der Waals surface area contributed by atoms with E-state index >= 15 is 0 Å². The molecule has 0 N–H and O–H groups in total. The number of hydrogen-bond donors (Lipinski definition) is 0. The Balaban J connectivity index is 1.35. The summed E-state index contributed by atoms with van der Waals surface area (Å²) in [7, 11) is 0. The number of nitrogens with zero attached hydrogens (tertiary/aromatic N) is 4. The molecular formula is C23H30N4O3S. The molecular weight excluding hydrogens is 412 g/mol. The molecule has 2 fully saturated rings. The first-order valence-corrected chi connectivity index (χ1v) is 11.8. The Morgan fingerprint density at radius 1 is 1.10 bits per heavy atom. The second kappa shape index (κ2) is 8.94. The minimum absolute atomic E-state index is 0.0541. The Morgan fingerprint density at radius 3 is 2.48 bits per heavy atom. The van der Waals surface area contributed by atoms with Gasteiger partial charge in [0.05, 0.1) is 10.7 Å². The van der Waals surface area contributed by atoms with Crippen molar-refractivity contribution in [1.29, 1.82) is 0 Å². The highest BCUT2D eigenvalue weighted by molar-refractivity contribution is 7.10. The van der Waals surface area contributed by atoms with Gasteiger partial charge < -0.3 is 9.64 Å². The standard InChI is InChI=1S/C23H30N4O3S/c1-23(2,3)30-22(29)27-12-4-5-19(27)21(28)26-13-8-17(9-14-26)20-25-18(15-31-20)16-6-10-24-11-7-16/h6-7,10-11,15,17,19H,4-5,8-9,12-14H2,1-3H3. The van der Waals surface area contributed by atoms with Crippen LogP contribution in [0.3, 0.4) is 0 Å². The molecule has 2 amide bonds. The van der Waals surface area contributed by atoms with Gasteiger partial charge in [0.2, 0.25) is 5.91 Å². The molecule has 1 atom stereocenters. The summed E-state index contributed by atoms with van der Waals surface area (Å²) in [6, 6.07) is 3.54. The summed E-state index contributed by atoms with van der Waals surface area (Å²) in [5, 5.41) is 3.23. The van der Waals surface area contributed by atoms with Crippen LogP contribution >= 0.6 is 11.3 Å². The first-order chi connectivity index (χ1) is 14.8. The number of piperidine rings is 1. The van der Waals surface area contributed by atoms with Gasteiger partial charge in [-0.3, -0.25) is 14.7 Å². The van der Waals surface area contributed by atoms with Crippen LogP contribution in [0.15, 0.2) is 29.9 Å². The second-order valence-electron chi connectivity index (χ2n) is 9.24. The summed E-state index contributed by atoms with van der Waals surface area (Å²) in [6.07, 6.45) is 6.51. The van der Waals surface area contributed by atoms with Crippen LogP contribution in [0, 0.1) is 0 Å². The molecule has 0 radical (unpaired) electrons. The van der Waals surface area contributed by atoms with Crippen LogP contribution in [-0.4, -0.2) is 63.0 Å². The quantitative estimate of drug-likeness (QED) is 0.708. The van der Waals surface area contributed by atoms with Gasteiger partial charge in [-0.1, -0.05) is 0 Å². The predicted molar refractivity (Wildman–Crippen MR) is 120 cm³/mol. The molecule has 2 aromatic rings. The van der Waals surface area contributed by atoms with E-state index in [1.165, 1.54) is 0 Å². The van der Waals surface area contributed by atoms with Gasteiger partial charge in [0.15, 0.2) is 0 Å². The molecule has 31 heavy (non-hydrogen) atoms. The van der Waals surface area contributed by atoms with E-state index in [0.717, 1.165) is 35.5 Å². The summed E-state index contributed by atoms with van der Waals surface area (Å²) < 4.78 is 5.51. The number of pyridine rings is 1. The lowest BCUT2D eigenvalue weighted by molar-refractivity contribution is -0.137. The van der Waals surface area contributed by atoms with Crippen LogP contribution in [0.2, 0.25) is 0 Å². The number of carbonyl (C=O) groups is 2. The number of thiazole rings is 1. The van der Waals surface area contributed by atoms with Crippen LogP contribution in [0.4, 0.5) is 4.79 Å². The smallest absolute Gasteiger partial charge is 0.410 e. The topological polar surface area (TPSA) is 75.6 Å². The van der Waals surface area contributed by atoms with Crippen molar-refractivity contribution in [3.63, 3.8) is 0 Å². The highest BCUT2D eigenvalue weighted by Crippen LogP contribution is 2.33. The average molecular weight is 443 g/mol. The lowest BCUT2D eigenvalue weighted by Gasteiger charge is -2.35. The van der Waals surface area contributed by atoms with Gasteiger partial charge in [0, 0.05) is 48.9 Å². The third kappa shape index (κ3) is 5.06. The summed E-state index contributed by atoms with van der Waals surface area (Å²) in [4.78, 5) is 38.1. The van der Waals surface area contributed by atoms with Gasteiger partial charge in [0.1, 0.15) is 11.6 Å². The highest BCUT2D eigenvalue weighted by Gasteiger charge is 2.39. The van der Waals surface area contributed by atoms with Crippen molar-refractivity contribution in [1.82, 2.24) is 19.8 Å². The van der Waals surface area contributed by atoms with Crippen molar-refractivity contribution in [2.75, 3.05) is 19.6 Å². The van der Waals surface area contributed by atoms with Crippen LogP contribution in [0.5, 0.6) is 0 Å². The van der Waals surface area contributed by atoms with Crippen molar-refractivity contribution >= 4 is 23.3 Å². The first-order valence-electron chi connectivity index (χ1n) is 11.0. The number of amides is 2. The Morgan fingerprint density at radius 2 is 1.81 bits per heavy atom. The zero-order chi connectivity index (χ0) is 22.0. The molecule has 2 aliphatic heterocycles. The van der Waals surface area contributed by atoms with Gasteiger partial charge in [-0.15, -0.1) is 11.3 Å². The Kier molecular flexibility index (Phi) is 6.27. The maximum atomic E-state index is 13.2. The fourth-order valence-corrected chi connectivity index (χ4v) is 5.25. The number of rotatable bonds is 3. The minimum Gasteiger partial charge on any atom is -0.444 e. The minimum atomic E-state index is -0.561. The second-order valence-corrected chi connectivity index (χ2v) is 10.1. The van der Waals surface area contributed by atoms with Crippen molar-refractivity contribution < 1.29 is 14.3 Å². The molecule has 4 rings (SSSR count). The predicted octanol–water partition coefficient (Wildman–Crippen LogP) is 4.31. The van der Waals surface area contributed by atoms with Crippen molar-refractivity contribution in [3.8, 4) is 11.3 Å². The third-order valence-corrected chi connectivity index (χ3v) is 6.83. The summed E-state index contributed by atoms with van der Waals surface area (Å²) >= 11 is 1.69. The number of ether oxygens (including phenoxy) is 1. The summed E-state index contributed by atoms with van der Waals surface area (Å²) in [6.45, 7) is 7.53. The molecule has 0 aromatic carbocycles. The number of aromatic nitrogens is 2. The fraction of sp³-hybridized carbons (Fsp3) is 0.565. The molecule has 4 heterocycles. The Bertz CT molecular complexity index is 916. The van der Waals surface area contributed by atoms with E-state index in [2.05, 4.69) is 10.4 Å². The van der Waals surface area contributed by atoms with Crippen molar-refractivity contribution in [3.05, 3.63) is 34.9 Å². The molecule has 2 aliphatic rings. The van der Waals surface area contributed by atoms with Crippen LogP contribution in [0.25, 0.3) is 11.3 Å². The van der Waals surface area contributed by atoms with E-state index in [-0.39, 0.29) is 12.0 Å². The Hall–Kier alpha value is -2.48. The zero-order valence-electron chi connectivity index (χ0n) is 18.4. The normalized spacial score (nSPS) is 20.2. The van der Waals surface area contributed by atoms with E-state index in [9.17, 15) is 9.59 Å². The van der Waals surface area contributed by atoms with Crippen LogP contribution < -0.4 is 0 Å². The first kappa shape index (κ1) is 21.7. The molecule has 8 heteroatoms. The van der Waals surface area contributed by atoms with Crippen LogP contribution in [0.1, 0.15) is 57.4 Å². The average Bonchev–Trinajstić information content (AvgIpc) is 3.43. The molecule has 2 aromatic heterocycles. The van der Waals surface area contributed by atoms with Crippen molar-refractivity contribution in [2.24, 2.45) is 0 Å². The molecule has 166 valence electrons. The van der Waals surface area contributed by atoms with E-state index < -0.39 is 11.6 Å². The summed E-state index contributed by atoms with van der Waals surface area (Å²) in [5.74, 6) is 0.425. The van der Waals surface area contributed by atoms with E-state index in [0.29, 0.717) is 32.0 Å². The molecule has 2 saturated heterocycles. The fourth-order valence-electron chi connectivity index (χ4n) is 4.25. The van der Waals surface area contributed by atoms with E-state index in [1.807, 2.05) is 37.8 Å². The molecule has 0 bridgehead atoms. The maximum Gasteiger partial charge on any atom is 0.410 e. The van der Waals surface area contributed by atoms with E-state index in [4.69, 9.17) is 9.72 Å². The molecule has 0 saturated carbocycles. The largest absolute Gasteiger partial charge is 0.444 e. The molecule has 0 spiro atoms. The van der Waals surface area contributed by atoms with Gasteiger partial charge in [-0.25, -0.2) is 9.78 Å². The van der Waals surface area contributed by atoms with Gasteiger partial charge in [0.25, 0.3) is 0 Å². The lowest BCUT2D eigenvalue weighted by Crippen LogP contribution is -2.50. The Labute approximate surface area is 187 Å². The SMILES string of the molecule is CC(C)(C)OC(=O)N1CCCC1C(=O)N1CCC(c2nc(-c3ccncc3)cs2)CC1. The van der Waals surface area contributed by atoms with E-state index in [1.54, 1.807) is 28.6 Å². The maximum absolute atomic E-state index is 13.2. The molecule has 1 unspecified atom stereocenters. The lowest BCUT2D eigenvalue weighted by atomic mass is 9.96. The van der Waals surface area contributed by atoms with Gasteiger partial charge in [-0.2, -0.15) is 0 Å². The summed E-state index contributed by atoms with van der Waals surface area (Å²) in [5.41, 5.74) is 1.50. The van der Waals surface area contributed by atoms with Gasteiger partial charge in [-0.05, 0) is 58.6 Å². The third-order valence-electron chi connectivity index (χ3n) is 5.82. The highest BCUT2D eigenvalue weighted by atomic mass is 32.1. The number of hydrogen-bond acceptors (Lipinski definition) is 6.